The SMILES string of the molecule is C=NC=C(C)C.COc1ccc(-c2cncc(NC(=O)Nc3ccc(C)nc3)n2)cc1C.O=C1CCCN1. The summed E-state index contributed by atoms with van der Waals surface area (Å²) in [6.45, 7) is 12.0. The first-order valence-electron chi connectivity index (χ1n) is 12.1. The third-order valence-corrected chi connectivity index (χ3v) is 4.99. The topological polar surface area (TPSA) is 130 Å². The first-order chi connectivity index (χ1) is 18.2. The number of methoxy groups -OCH3 is 1. The van der Waals surface area contributed by atoms with Crippen LogP contribution >= 0.6 is 0 Å². The van der Waals surface area contributed by atoms with Gasteiger partial charge in [0.1, 0.15) is 5.75 Å². The minimum atomic E-state index is -0.409. The number of amides is 3. The fourth-order valence-corrected chi connectivity index (χ4v) is 3.17. The van der Waals surface area contributed by atoms with Crippen molar-refractivity contribution in [3.63, 3.8) is 0 Å². The normalized spacial score (nSPS) is 11.4. The first kappa shape index (κ1) is 29.6. The number of carbonyl (C=O) groups excluding carboxylic acids is 2. The summed E-state index contributed by atoms with van der Waals surface area (Å²) in [5, 5.41) is 8.06. The highest BCUT2D eigenvalue weighted by Crippen LogP contribution is 2.25. The molecule has 0 atom stereocenters. The van der Waals surface area contributed by atoms with E-state index in [1.807, 2.05) is 52.0 Å². The molecule has 38 heavy (non-hydrogen) atoms. The lowest BCUT2D eigenvalue weighted by atomic mass is 10.1. The molecule has 1 saturated heterocycles. The summed E-state index contributed by atoms with van der Waals surface area (Å²) in [7, 11) is 1.63. The van der Waals surface area contributed by atoms with Crippen molar-refractivity contribution in [2.75, 3.05) is 24.3 Å². The molecule has 0 aliphatic carbocycles. The zero-order valence-electron chi connectivity index (χ0n) is 22.5. The lowest BCUT2D eigenvalue weighted by Gasteiger charge is -2.09. The van der Waals surface area contributed by atoms with E-state index in [9.17, 15) is 9.59 Å². The van der Waals surface area contributed by atoms with Crippen LogP contribution < -0.4 is 20.7 Å². The Morgan fingerprint density at radius 1 is 1.13 bits per heavy atom. The molecule has 200 valence electrons. The van der Waals surface area contributed by atoms with Gasteiger partial charge in [-0.3, -0.25) is 25.1 Å². The number of aromatic nitrogens is 3. The molecule has 0 bridgehead atoms. The number of aliphatic imine (C=N–C) groups is 1. The average molecular weight is 518 g/mol. The van der Waals surface area contributed by atoms with Gasteiger partial charge < -0.3 is 15.4 Å². The number of benzene rings is 1. The predicted molar refractivity (Wildman–Crippen MR) is 152 cm³/mol. The van der Waals surface area contributed by atoms with Gasteiger partial charge in [-0.25, -0.2) is 9.78 Å². The van der Waals surface area contributed by atoms with Crippen LogP contribution in [0.3, 0.4) is 0 Å². The number of pyridine rings is 1. The number of hydrogen-bond acceptors (Lipinski definition) is 7. The summed E-state index contributed by atoms with van der Waals surface area (Å²) in [4.78, 5) is 38.5. The van der Waals surface area contributed by atoms with Crippen LogP contribution in [0.5, 0.6) is 5.75 Å². The number of nitrogens with one attached hydrogen (secondary N) is 3. The number of ether oxygens (including phenoxy) is 1. The maximum atomic E-state index is 12.1. The summed E-state index contributed by atoms with van der Waals surface area (Å²) in [5.74, 6) is 1.37. The summed E-state index contributed by atoms with van der Waals surface area (Å²) in [6, 6.07) is 8.94. The Labute approximate surface area is 223 Å². The Kier molecular flexibility index (Phi) is 12.1. The molecule has 3 heterocycles. The monoisotopic (exact) mass is 517 g/mol. The summed E-state index contributed by atoms with van der Waals surface area (Å²) >= 11 is 0. The van der Waals surface area contributed by atoms with Gasteiger partial charge in [-0.2, -0.15) is 0 Å². The van der Waals surface area contributed by atoms with Crippen LogP contribution in [0.2, 0.25) is 0 Å². The molecule has 4 rings (SSSR count). The van der Waals surface area contributed by atoms with E-state index in [2.05, 4.69) is 42.6 Å². The molecule has 3 amide bonds. The Bertz CT molecular complexity index is 1250. The number of anilines is 2. The molecule has 0 radical (unpaired) electrons. The van der Waals surface area contributed by atoms with Crippen LogP contribution in [-0.2, 0) is 4.79 Å². The highest BCUT2D eigenvalue weighted by Gasteiger charge is 2.08. The summed E-state index contributed by atoms with van der Waals surface area (Å²) in [6.07, 6.45) is 8.22. The highest BCUT2D eigenvalue weighted by atomic mass is 16.5. The molecular formula is C28H35N7O3. The third kappa shape index (κ3) is 10.6. The molecule has 3 N–H and O–H groups in total. The molecule has 3 aromatic rings. The van der Waals surface area contributed by atoms with Gasteiger partial charge >= 0.3 is 6.03 Å². The standard InChI is InChI=1S/C19H19N5O2.C5H9N.C4H7NO/c1-12-8-14(5-7-17(12)26-3)16-10-20-11-18(23-16)24-19(25)22-15-6-4-13(2)21-9-15;1-5(2)4-6-3;6-4-2-1-3-5-4/h4-11H,1-3H3,(H2,22,23,24,25);4H,3H2,1-2H3;1-3H2,(H,5,6). The smallest absolute Gasteiger partial charge is 0.324 e. The molecule has 1 aromatic carbocycles. The van der Waals surface area contributed by atoms with Crippen molar-refractivity contribution in [2.24, 2.45) is 4.99 Å². The first-order valence-corrected chi connectivity index (χ1v) is 12.1. The molecule has 1 aliphatic rings. The van der Waals surface area contributed by atoms with Crippen molar-refractivity contribution in [3.8, 4) is 17.0 Å². The predicted octanol–water partition coefficient (Wildman–Crippen LogP) is 5.32. The molecule has 1 aliphatic heterocycles. The van der Waals surface area contributed by atoms with Gasteiger partial charge in [0, 0.05) is 30.4 Å². The van der Waals surface area contributed by atoms with E-state index in [1.165, 1.54) is 11.8 Å². The van der Waals surface area contributed by atoms with E-state index in [0.29, 0.717) is 17.2 Å². The van der Waals surface area contributed by atoms with Gasteiger partial charge in [0.2, 0.25) is 5.91 Å². The second-order valence-electron chi connectivity index (χ2n) is 8.58. The molecule has 0 spiro atoms. The minimum absolute atomic E-state index is 0.204. The van der Waals surface area contributed by atoms with E-state index in [1.54, 1.807) is 31.8 Å². The number of rotatable bonds is 5. The minimum Gasteiger partial charge on any atom is -0.496 e. The molecule has 1 fully saturated rings. The Balaban J connectivity index is 0.000000348. The van der Waals surface area contributed by atoms with Crippen LogP contribution in [0.1, 0.15) is 37.9 Å². The second kappa shape index (κ2) is 15.5. The van der Waals surface area contributed by atoms with Gasteiger partial charge in [0.25, 0.3) is 0 Å². The second-order valence-corrected chi connectivity index (χ2v) is 8.58. The van der Waals surface area contributed by atoms with Gasteiger partial charge in [-0.15, -0.1) is 0 Å². The number of allylic oxidation sites excluding steroid dienone is 1. The van der Waals surface area contributed by atoms with Crippen LogP contribution in [0, 0.1) is 13.8 Å². The maximum absolute atomic E-state index is 12.1. The fraction of sp³-hybridized carbons (Fsp3) is 0.286. The fourth-order valence-electron chi connectivity index (χ4n) is 3.17. The Hall–Kier alpha value is -4.60. The van der Waals surface area contributed by atoms with E-state index in [0.717, 1.165) is 42.0 Å². The molecule has 0 unspecified atom stereocenters. The lowest BCUT2D eigenvalue weighted by Crippen LogP contribution is -2.20. The van der Waals surface area contributed by atoms with Gasteiger partial charge in [-0.05, 0) is 76.7 Å². The number of nitrogens with zero attached hydrogens (tertiary/aromatic N) is 4. The summed E-state index contributed by atoms with van der Waals surface area (Å²) < 4.78 is 5.27. The highest BCUT2D eigenvalue weighted by molar-refractivity contribution is 5.99. The Morgan fingerprint density at radius 3 is 2.42 bits per heavy atom. The average Bonchev–Trinajstić information content (AvgIpc) is 3.37. The van der Waals surface area contributed by atoms with Crippen molar-refractivity contribution in [3.05, 3.63) is 72.0 Å². The molecule has 10 nitrogen and oxygen atoms in total. The lowest BCUT2D eigenvalue weighted by molar-refractivity contribution is -0.119. The van der Waals surface area contributed by atoms with Crippen molar-refractivity contribution < 1.29 is 14.3 Å². The van der Waals surface area contributed by atoms with E-state index in [-0.39, 0.29) is 5.91 Å². The number of hydrogen-bond donors (Lipinski definition) is 3. The van der Waals surface area contributed by atoms with Gasteiger partial charge in [0.05, 0.1) is 37.1 Å². The van der Waals surface area contributed by atoms with E-state index < -0.39 is 6.03 Å². The van der Waals surface area contributed by atoms with E-state index in [4.69, 9.17) is 4.74 Å². The molecule has 2 aromatic heterocycles. The van der Waals surface area contributed by atoms with Gasteiger partial charge in [-0.1, -0.05) is 5.57 Å². The molecule has 0 saturated carbocycles. The Morgan fingerprint density at radius 2 is 1.92 bits per heavy atom. The van der Waals surface area contributed by atoms with Crippen LogP contribution in [0.15, 0.2) is 65.7 Å². The number of urea groups is 1. The zero-order valence-corrected chi connectivity index (χ0v) is 22.5. The van der Waals surface area contributed by atoms with Crippen molar-refractivity contribution in [1.29, 1.82) is 0 Å². The molecular weight excluding hydrogens is 482 g/mol. The van der Waals surface area contributed by atoms with Crippen LogP contribution in [-0.4, -0.2) is 47.3 Å². The number of carbonyl (C=O) groups is 2. The maximum Gasteiger partial charge on any atom is 0.324 e. The van der Waals surface area contributed by atoms with Crippen LogP contribution in [0.25, 0.3) is 11.3 Å². The van der Waals surface area contributed by atoms with Crippen molar-refractivity contribution in [1.82, 2.24) is 20.3 Å². The number of aryl methyl sites for hydroxylation is 2. The zero-order chi connectivity index (χ0) is 27.9. The van der Waals surface area contributed by atoms with E-state index >= 15 is 0 Å². The largest absolute Gasteiger partial charge is 0.496 e. The van der Waals surface area contributed by atoms with Crippen molar-refractivity contribution in [2.45, 2.75) is 40.5 Å². The summed E-state index contributed by atoms with van der Waals surface area (Å²) in [5.41, 5.74) is 5.21. The third-order valence-electron chi connectivity index (χ3n) is 4.99. The van der Waals surface area contributed by atoms with Crippen molar-refractivity contribution >= 4 is 30.2 Å². The van der Waals surface area contributed by atoms with Gasteiger partial charge in [0.15, 0.2) is 5.82 Å². The quantitative estimate of drug-likeness (QED) is 0.393. The van der Waals surface area contributed by atoms with Crippen LogP contribution in [0.4, 0.5) is 16.3 Å². The molecule has 10 heteroatoms.